The fourth-order valence-corrected chi connectivity index (χ4v) is 5.12. The number of methoxy groups -OCH3 is 1. The summed E-state index contributed by atoms with van der Waals surface area (Å²) in [6.07, 6.45) is 2.20. The molecule has 0 saturated carbocycles. The summed E-state index contributed by atoms with van der Waals surface area (Å²) in [4.78, 5) is 14.6. The zero-order chi connectivity index (χ0) is 24.2. The van der Waals surface area contributed by atoms with Crippen LogP contribution in [0.1, 0.15) is 34.3 Å². The molecule has 1 aliphatic rings. The van der Waals surface area contributed by atoms with Gasteiger partial charge in [-0.3, -0.25) is 9.36 Å². The van der Waals surface area contributed by atoms with Crippen LogP contribution in [0.5, 0.6) is 5.75 Å². The molecule has 178 valence electrons. The van der Waals surface area contributed by atoms with E-state index >= 15 is 0 Å². The Hall–Kier alpha value is -3.58. The predicted molar refractivity (Wildman–Crippen MR) is 139 cm³/mol. The number of benzene rings is 3. The van der Waals surface area contributed by atoms with Crippen molar-refractivity contribution in [2.45, 2.75) is 30.7 Å². The van der Waals surface area contributed by atoms with Gasteiger partial charge < -0.3 is 9.64 Å². The highest BCUT2D eigenvalue weighted by molar-refractivity contribution is 7.98. The first-order valence-electron chi connectivity index (χ1n) is 11.8. The Labute approximate surface area is 210 Å². The number of thioether (sulfide) groups is 1. The first-order valence-corrected chi connectivity index (χ1v) is 12.8. The molecule has 2 heterocycles. The normalized spacial score (nSPS) is 13.3. The second-order valence-corrected chi connectivity index (χ2v) is 9.63. The molecule has 35 heavy (non-hydrogen) atoms. The van der Waals surface area contributed by atoms with Crippen LogP contribution in [0.25, 0.3) is 17.1 Å². The van der Waals surface area contributed by atoms with Crippen LogP contribution < -0.4 is 4.74 Å². The van der Waals surface area contributed by atoms with Gasteiger partial charge in [0.05, 0.1) is 7.11 Å². The Morgan fingerprint density at radius 2 is 1.60 bits per heavy atom. The van der Waals surface area contributed by atoms with Crippen LogP contribution in [-0.2, 0) is 5.75 Å². The second-order valence-electron chi connectivity index (χ2n) is 8.69. The van der Waals surface area contributed by atoms with Crippen molar-refractivity contribution in [2.24, 2.45) is 0 Å². The topological polar surface area (TPSA) is 60.3 Å². The molecule has 1 fully saturated rings. The number of amides is 1. The van der Waals surface area contributed by atoms with Crippen molar-refractivity contribution in [3.63, 3.8) is 0 Å². The number of aromatic nitrogens is 3. The van der Waals surface area contributed by atoms with Crippen LogP contribution in [0, 0.1) is 6.92 Å². The van der Waals surface area contributed by atoms with Gasteiger partial charge in [-0.2, -0.15) is 0 Å². The highest BCUT2D eigenvalue weighted by atomic mass is 32.2. The molecule has 0 radical (unpaired) electrons. The van der Waals surface area contributed by atoms with E-state index in [4.69, 9.17) is 4.74 Å². The second kappa shape index (κ2) is 10.4. The molecule has 0 bridgehead atoms. The molecule has 6 nitrogen and oxygen atoms in total. The Bertz CT molecular complexity index is 1290. The van der Waals surface area contributed by atoms with Crippen LogP contribution >= 0.6 is 11.8 Å². The molecule has 4 aromatic rings. The molecule has 1 aromatic heterocycles. The molecule has 3 aromatic carbocycles. The Kier molecular flexibility index (Phi) is 6.86. The minimum absolute atomic E-state index is 0.130. The predicted octanol–water partition coefficient (Wildman–Crippen LogP) is 5.78. The van der Waals surface area contributed by atoms with Crippen molar-refractivity contribution in [2.75, 3.05) is 20.2 Å². The average Bonchev–Trinajstić information content (AvgIpc) is 3.59. The largest absolute Gasteiger partial charge is 0.497 e. The first kappa shape index (κ1) is 23.2. The smallest absolute Gasteiger partial charge is 0.253 e. The van der Waals surface area contributed by atoms with Crippen LogP contribution in [0.4, 0.5) is 0 Å². The van der Waals surface area contributed by atoms with E-state index in [9.17, 15) is 4.79 Å². The summed E-state index contributed by atoms with van der Waals surface area (Å²) < 4.78 is 7.40. The van der Waals surface area contributed by atoms with Gasteiger partial charge in [-0.15, -0.1) is 10.2 Å². The van der Waals surface area contributed by atoms with Gasteiger partial charge in [0.15, 0.2) is 11.0 Å². The van der Waals surface area contributed by atoms with Crippen molar-refractivity contribution >= 4 is 17.7 Å². The van der Waals surface area contributed by atoms with E-state index < -0.39 is 0 Å². The molecule has 1 saturated heterocycles. The summed E-state index contributed by atoms with van der Waals surface area (Å²) in [5.41, 5.74) is 5.07. The van der Waals surface area contributed by atoms with E-state index in [1.54, 1.807) is 18.9 Å². The van der Waals surface area contributed by atoms with Crippen molar-refractivity contribution < 1.29 is 9.53 Å². The Balaban J connectivity index is 1.38. The van der Waals surface area contributed by atoms with Gasteiger partial charge in [0.2, 0.25) is 0 Å². The summed E-state index contributed by atoms with van der Waals surface area (Å²) >= 11 is 1.63. The lowest BCUT2D eigenvalue weighted by Gasteiger charge is -2.15. The standard InChI is InChI=1S/C28H28N4O2S/c1-20-5-13-24(14-6-20)32-26(22-11-15-25(34-2)16-12-22)29-30-28(32)35-19-21-7-9-23(10-8-21)27(33)31-17-3-4-18-31/h5-16H,3-4,17-19H2,1-2H3. The summed E-state index contributed by atoms with van der Waals surface area (Å²) in [5, 5.41) is 9.88. The highest BCUT2D eigenvalue weighted by Gasteiger charge is 2.20. The quantitative estimate of drug-likeness (QED) is 0.311. The third kappa shape index (κ3) is 5.10. The molecule has 0 aliphatic carbocycles. The Morgan fingerprint density at radius 3 is 2.26 bits per heavy atom. The number of likely N-dealkylation sites (tertiary alicyclic amines) is 1. The number of nitrogens with zero attached hydrogens (tertiary/aromatic N) is 4. The highest BCUT2D eigenvalue weighted by Crippen LogP contribution is 2.31. The number of carbonyl (C=O) groups is 1. The van der Waals surface area contributed by atoms with E-state index in [1.807, 2.05) is 53.4 Å². The fraction of sp³-hybridized carbons (Fsp3) is 0.250. The number of carbonyl (C=O) groups excluding carboxylic acids is 1. The SMILES string of the molecule is COc1ccc(-c2nnc(SCc3ccc(C(=O)N4CCCC4)cc3)n2-c2ccc(C)cc2)cc1. The van der Waals surface area contributed by atoms with E-state index in [-0.39, 0.29) is 5.91 Å². The number of hydrogen-bond donors (Lipinski definition) is 0. The lowest BCUT2D eigenvalue weighted by Crippen LogP contribution is -2.27. The molecule has 0 N–H and O–H groups in total. The van der Waals surface area contributed by atoms with Gasteiger partial charge in [0.1, 0.15) is 5.75 Å². The number of rotatable bonds is 7. The van der Waals surface area contributed by atoms with Crippen molar-refractivity contribution in [3.8, 4) is 22.8 Å². The van der Waals surface area contributed by atoms with Crippen molar-refractivity contribution in [3.05, 3.63) is 89.5 Å². The van der Waals surface area contributed by atoms with E-state index in [0.29, 0.717) is 0 Å². The van der Waals surface area contributed by atoms with Crippen LogP contribution in [0.2, 0.25) is 0 Å². The molecule has 1 amide bonds. The first-order chi connectivity index (χ1) is 17.1. The van der Waals surface area contributed by atoms with Gasteiger partial charge in [0, 0.05) is 35.7 Å². The average molecular weight is 485 g/mol. The minimum Gasteiger partial charge on any atom is -0.497 e. The van der Waals surface area contributed by atoms with Gasteiger partial charge in [-0.1, -0.05) is 41.6 Å². The van der Waals surface area contributed by atoms with Gasteiger partial charge in [-0.05, 0) is 73.9 Å². The van der Waals surface area contributed by atoms with Gasteiger partial charge in [-0.25, -0.2) is 0 Å². The molecule has 0 spiro atoms. The van der Waals surface area contributed by atoms with Gasteiger partial charge in [0.25, 0.3) is 5.91 Å². The Morgan fingerprint density at radius 1 is 0.914 bits per heavy atom. The molecule has 0 unspecified atom stereocenters. The molecule has 1 aliphatic heterocycles. The summed E-state index contributed by atoms with van der Waals surface area (Å²) in [5.74, 6) is 2.44. The fourth-order valence-electron chi connectivity index (χ4n) is 4.21. The zero-order valence-electron chi connectivity index (χ0n) is 20.0. The van der Waals surface area contributed by atoms with Crippen LogP contribution in [0.15, 0.2) is 78.0 Å². The maximum Gasteiger partial charge on any atom is 0.253 e. The summed E-state index contributed by atoms with van der Waals surface area (Å²) in [6.45, 7) is 3.80. The van der Waals surface area contributed by atoms with Crippen LogP contribution in [-0.4, -0.2) is 45.8 Å². The van der Waals surface area contributed by atoms with Crippen molar-refractivity contribution in [1.29, 1.82) is 0 Å². The lowest BCUT2D eigenvalue weighted by atomic mass is 10.1. The maximum atomic E-state index is 12.6. The summed E-state index contributed by atoms with van der Waals surface area (Å²) in [6, 6.07) is 24.2. The lowest BCUT2D eigenvalue weighted by molar-refractivity contribution is 0.0793. The molecular weight excluding hydrogens is 456 g/mol. The number of hydrogen-bond acceptors (Lipinski definition) is 5. The van der Waals surface area contributed by atoms with Crippen molar-refractivity contribution in [1.82, 2.24) is 19.7 Å². The van der Waals surface area contributed by atoms with E-state index in [2.05, 4.69) is 46.0 Å². The van der Waals surface area contributed by atoms with E-state index in [0.717, 1.165) is 70.8 Å². The molecule has 7 heteroatoms. The summed E-state index contributed by atoms with van der Waals surface area (Å²) in [7, 11) is 1.66. The minimum atomic E-state index is 0.130. The molecule has 0 atom stereocenters. The van der Waals surface area contributed by atoms with E-state index in [1.165, 1.54) is 5.56 Å². The van der Waals surface area contributed by atoms with Crippen LogP contribution in [0.3, 0.4) is 0 Å². The molecular formula is C28H28N4O2S. The van der Waals surface area contributed by atoms with Gasteiger partial charge >= 0.3 is 0 Å². The third-order valence-corrected chi connectivity index (χ3v) is 7.24. The number of aryl methyl sites for hydroxylation is 1. The third-order valence-electron chi connectivity index (χ3n) is 6.24. The zero-order valence-corrected chi connectivity index (χ0v) is 20.8. The maximum absolute atomic E-state index is 12.6. The number of ether oxygens (including phenoxy) is 1. The monoisotopic (exact) mass is 484 g/mol. The molecule has 5 rings (SSSR count).